The van der Waals surface area contributed by atoms with Crippen molar-refractivity contribution in [2.75, 3.05) is 5.32 Å². The molecule has 0 atom stereocenters. The molecule has 8 heteroatoms. The molecular formula is C17H16N4O3S. The Morgan fingerprint density at radius 1 is 1.28 bits per heavy atom. The molecule has 2 heterocycles. The van der Waals surface area contributed by atoms with Crippen molar-refractivity contribution in [2.24, 2.45) is 0 Å². The van der Waals surface area contributed by atoms with E-state index in [2.05, 4.69) is 15.4 Å². The fourth-order valence-corrected chi connectivity index (χ4v) is 2.32. The van der Waals surface area contributed by atoms with Gasteiger partial charge >= 0.3 is 0 Å². The van der Waals surface area contributed by atoms with Gasteiger partial charge in [0.15, 0.2) is 6.61 Å². The maximum atomic E-state index is 12.0. The Hall–Kier alpha value is -3.00. The van der Waals surface area contributed by atoms with E-state index in [-0.39, 0.29) is 23.9 Å². The predicted molar refractivity (Wildman–Crippen MR) is 93.7 cm³/mol. The van der Waals surface area contributed by atoms with E-state index in [1.54, 1.807) is 24.4 Å². The van der Waals surface area contributed by atoms with E-state index in [4.69, 9.17) is 21.4 Å². The summed E-state index contributed by atoms with van der Waals surface area (Å²) >= 11 is 5.10. The smallest absolute Gasteiger partial charge is 0.287 e. The van der Waals surface area contributed by atoms with Crippen molar-refractivity contribution in [3.63, 3.8) is 0 Å². The van der Waals surface area contributed by atoms with Crippen LogP contribution in [0.1, 0.15) is 11.5 Å². The number of carbonyl (C=O) groups excluding carboxylic acids is 1. The number of hydrogen-bond donors (Lipinski definition) is 1. The van der Waals surface area contributed by atoms with Crippen LogP contribution in [-0.4, -0.2) is 20.7 Å². The van der Waals surface area contributed by atoms with E-state index >= 15 is 0 Å². The van der Waals surface area contributed by atoms with Crippen molar-refractivity contribution in [2.45, 2.75) is 20.1 Å². The number of aromatic nitrogens is 3. The van der Waals surface area contributed by atoms with Gasteiger partial charge in [-0.25, -0.2) is 9.67 Å². The highest BCUT2D eigenvalue weighted by Gasteiger charge is 2.11. The van der Waals surface area contributed by atoms with Gasteiger partial charge in [-0.15, -0.1) is 5.10 Å². The molecule has 0 aliphatic carbocycles. The summed E-state index contributed by atoms with van der Waals surface area (Å²) in [5.74, 6) is 1.21. The van der Waals surface area contributed by atoms with Crippen LogP contribution in [0.2, 0.25) is 0 Å². The van der Waals surface area contributed by atoms with Crippen molar-refractivity contribution in [3.05, 3.63) is 65.0 Å². The van der Waals surface area contributed by atoms with Gasteiger partial charge in [0.25, 0.3) is 10.7 Å². The minimum Gasteiger partial charge on any atom is -0.484 e. The highest BCUT2D eigenvalue weighted by molar-refractivity contribution is 7.71. The molecule has 0 aliphatic heterocycles. The van der Waals surface area contributed by atoms with Gasteiger partial charge in [0.2, 0.25) is 5.91 Å². The van der Waals surface area contributed by atoms with Crippen LogP contribution < -0.4 is 10.1 Å². The highest BCUT2D eigenvalue weighted by atomic mass is 32.1. The van der Waals surface area contributed by atoms with Crippen LogP contribution >= 0.6 is 12.2 Å². The molecule has 0 saturated carbocycles. The Balaban J connectivity index is 1.61. The molecule has 0 saturated heterocycles. The molecule has 3 rings (SSSR count). The molecule has 1 aromatic carbocycles. The van der Waals surface area contributed by atoms with Gasteiger partial charge in [0, 0.05) is 6.20 Å². The molecule has 1 amide bonds. The number of hydrogen-bond acceptors (Lipinski definition) is 6. The largest absolute Gasteiger partial charge is 0.484 e. The molecule has 128 valence electrons. The van der Waals surface area contributed by atoms with Crippen molar-refractivity contribution >= 4 is 23.9 Å². The zero-order valence-corrected chi connectivity index (χ0v) is 14.3. The maximum absolute atomic E-state index is 12.0. The third-order valence-corrected chi connectivity index (χ3v) is 3.61. The second kappa shape index (κ2) is 7.71. The molecule has 3 aromatic rings. The average molecular weight is 356 g/mol. The van der Waals surface area contributed by atoms with Crippen LogP contribution in [-0.2, 0) is 17.9 Å². The lowest BCUT2D eigenvalue weighted by atomic mass is 10.2. The number of anilines is 1. The predicted octanol–water partition coefficient (Wildman–Crippen LogP) is 3.13. The number of rotatable bonds is 6. The molecule has 7 nitrogen and oxygen atoms in total. The lowest BCUT2D eigenvalue weighted by molar-refractivity contribution is -0.117. The summed E-state index contributed by atoms with van der Waals surface area (Å²) < 4.78 is 12.3. The first-order chi connectivity index (χ1) is 12.1. The van der Waals surface area contributed by atoms with Crippen molar-refractivity contribution < 1.29 is 13.9 Å². The Morgan fingerprint density at radius 2 is 2.08 bits per heavy atom. The van der Waals surface area contributed by atoms with Crippen molar-refractivity contribution in [1.82, 2.24) is 14.8 Å². The third-order valence-electron chi connectivity index (χ3n) is 3.32. The summed E-state index contributed by atoms with van der Waals surface area (Å²) in [6, 6.07) is 12.9. The Morgan fingerprint density at radius 3 is 2.84 bits per heavy atom. The molecule has 0 radical (unpaired) electrons. The molecule has 0 unspecified atom stereocenters. The molecule has 0 spiro atoms. The van der Waals surface area contributed by atoms with E-state index in [0.717, 1.165) is 11.3 Å². The van der Waals surface area contributed by atoms with Gasteiger partial charge < -0.3 is 14.5 Å². The SMILES string of the molecule is Cc1ccccc1OCc1nn(CC(=O)Nc2ccccn2)c(=S)o1. The zero-order valence-electron chi connectivity index (χ0n) is 13.5. The number of nitrogens with zero attached hydrogens (tertiary/aromatic N) is 3. The van der Waals surface area contributed by atoms with Crippen molar-refractivity contribution in [1.29, 1.82) is 0 Å². The lowest BCUT2D eigenvalue weighted by Gasteiger charge is -2.05. The van der Waals surface area contributed by atoms with Crippen LogP contribution in [0.3, 0.4) is 0 Å². The van der Waals surface area contributed by atoms with Crippen molar-refractivity contribution in [3.8, 4) is 5.75 Å². The fourth-order valence-electron chi connectivity index (χ4n) is 2.12. The molecule has 25 heavy (non-hydrogen) atoms. The van der Waals surface area contributed by atoms with Gasteiger partial charge in [-0.1, -0.05) is 24.3 Å². The van der Waals surface area contributed by atoms with Gasteiger partial charge in [-0.05, 0) is 42.9 Å². The van der Waals surface area contributed by atoms with Gasteiger partial charge in [-0.2, -0.15) is 0 Å². The molecular weight excluding hydrogens is 340 g/mol. The standard InChI is InChI=1S/C17H16N4O3S/c1-12-6-2-3-7-13(12)23-11-16-20-21(17(25)24-16)10-15(22)19-14-8-4-5-9-18-14/h2-9H,10-11H2,1H3,(H,18,19,22). The molecule has 1 N–H and O–H groups in total. The minimum absolute atomic E-state index is 0.0662. The third kappa shape index (κ3) is 4.51. The Labute approximate surface area is 149 Å². The topological polar surface area (TPSA) is 82.2 Å². The molecule has 2 aromatic heterocycles. The first kappa shape index (κ1) is 16.8. The van der Waals surface area contributed by atoms with Crippen LogP contribution in [0.5, 0.6) is 5.75 Å². The molecule has 0 aliphatic rings. The van der Waals surface area contributed by atoms with E-state index in [9.17, 15) is 4.79 Å². The van der Waals surface area contributed by atoms with Gasteiger partial charge in [0.1, 0.15) is 18.1 Å². The van der Waals surface area contributed by atoms with Gasteiger partial charge in [-0.3, -0.25) is 4.79 Å². The number of benzene rings is 1. The quantitative estimate of drug-likeness (QED) is 0.683. The second-order valence-electron chi connectivity index (χ2n) is 5.24. The monoisotopic (exact) mass is 356 g/mol. The summed E-state index contributed by atoms with van der Waals surface area (Å²) in [4.78, 5) is 16.2. The summed E-state index contributed by atoms with van der Waals surface area (Å²) in [7, 11) is 0. The summed E-state index contributed by atoms with van der Waals surface area (Å²) in [6.45, 7) is 2.01. The second-order valence-corrected chi connectivity index (χ2v) is 5.59. The Bertz CT molecular complexity index is 921. The lowest BCUT2D eigenvalue weighted by Crippen LogP contribution is -2.20. The van der Waals surface area contributed by atoms with E-state index in [0.29, 0.717) is 11.7 Å². The van der Waals surface area contributed by atoms with Gasteiger partial charge in [0.05, 0.1) is 0 Å². The van der Waals surface area contributed by atoms with Crippen LogP contribution in [0.15, 0.2) is 53.1 Å². The normalized spacial score (nSPS) is 10.4. The number of para-hydroxylation sites is 1. The average Bonchev–Trinajstić information content (AvgIpc) is 2.94. The summed E-state index contributed by atoms with van der Waals surface area (Å²) in [6.07, 6.45) is 1.60. The maximum Gasteiger partial charge on any atom is 0.287 e. The van der Waals surface area contributed by atoms with E-state index in [1.165, 1.54) is 4.68 Å². The molecule has 0 bridgehead atoms. The summed E-state index contributed by atoms with van der Waals surface area (Å²) in [5, 5.41) is 6.84. The number of carbonyl (C=O) groups is 1. The Kier molecular flexibility index (Phi) is 5.20. The van der Waals surface area contributed by atoms with Crippen LogP contribution in [0.25, 0.3) is 0 Å². The first-order valence-electron chi connectivity index (χ1n) is 7.58. The highest BCUT2D eigenvalue weighted by Crippen LogP contribution is 2.17. The number of nitrogens with one attached hydrogen (secondary N) is 1. The number of ether oxygens (including phenoxy) is 1. The van der Waals surface area contributed by atoms with Crippen LogP contribution in [0, 0.1) is 11.8 Å². The zero-order chi connectivity index (χ0) is 17.6. The number of amides is 1. The summed E-state index contributed by atoms with van der Waals surface area (Å²) in [5.41, 5.74) is 1.01. The molecule has 0 fully saturated rings. The number of aryl methyl sites for hydroxylation is 1. The minimum atomic E-state index is -0.297. The number of pyridine rings is 1. The fraction of sp³-hybridized carbons (Fsp3) is 0.176. The first-order valence-corrected chi connectivity index (χ1v) is 7.99. The van der Waals surface area contributed by atoms with E-state index in [1.807, 2.05) is 31.2 Å². The van der Waals surface area contributed by atoms with E-state index < -0.39 is 0 Å². The van der Waals surface area contributed by atoms with Crippen LogP contribution in [0.4, 0.5) is 5.82 Å².